The van der Waals surface area contributed by atoms with Crippen LogP contribution in [-0.4, -0.2) is 14.7 Å². The van der Waals surface area contributed by atoms with Crippen molar-refractivity contribution in [1.82, 2.24) is 9.55 Å². The summed E-state index contributed by atoms with van der Waals surface area (Å²) >= 11 is 0. The first-order chi connectivity index (χ1) is 7.29. The van der Waals surface area contributed by atoms with Gasteiger partial charge in [0.1, 0.15) is 0 Å². The molecule has 1 rings (SSSR count). The van der Waals surface area contributed by atoms with Crippen LogP contribution in [0.3, 0.4) is 0 Å². The first-order valence-electron chi connectivity index (χ1n) is 5.97. The Kier molecular flexibility index (Phi) is 5.40. The maximum absolute atomic E-state index is 9.96. The number of hydrogen-bond donors (Lipinski definition) is 1. The van der Waals surface area contributed by atoms with Gasteiger partial charge in [0, 0.05) is 6.54 Å². The summed E-state index contributed by atoms with van der Waals surface area (Å²) in [7, 11) is 0. The minimum atomic E-state index is -0.343. The van der Waals surface area contributed by atoms with Gasteiger partial charge in [-0.1, -0.05) is 32.6 Å². The van der Waals surface area contributed by atoms with Crippen LogP contribution in [0.5, 0.6) is 0 Å². The van der Waals surface area contributed by atoms with E-state index in [1.807, 2.05) is 4.57 Å². The topological polar surface area (TPSA) is 38.1 Å². The number of hydrogen-bond acceptors (Lipinski definition) is 2. The van der Waals surface area contributed by atoms with E-state index in [9.17, 15) is 5.11 Å². The predicted molar refractivity (Wildman–Crippen MR) is 61.6 cm³/mol. The van der Waals surface area contributed by atoms with Gasteiger partial charge in [0.25, 0.3) is 0 Å². The lowest BCUT2D eigenvalue weighted by Gasteiger charge is -2.12. The number of aromatic nitrogens is 2. The fraction of sp³-hybridized carbons (Fsp3) is 0.750. The van der Waals surface area contributed by atoms with Gasteiger partial charge in [0.2, 0.25) is 0 Å². The normalized spacial score (nSPS) is 13.0. The molecule has 0 aliphatic rings. The van der Waals surface area contributed by atoms with Gasteiger partial charge in [-0.05, 0) is 13.3 Å². The quantitative estimate of drug-likeness (QED) is 0.703. The summed E-state index contributed by atoms with van der Waals surface area (Å²) in [6.07, 6.45) is 8.88. The van der Waals surface area contributed by atoms with Gasteiger partial charge in [-0.25, -0.2) is 4.98 Å². The number of rotatable bonds is 7. The molecule has 0 aromatic carbocycles. The molecule has 86 valence electrons. The van der Waals surface area contributed by atoms with Crippen LogP contribution in [0.15, 0.2) is 12.5 Å². The van der Waals surface area contributed by atoms with Crippen LogP contribution in [0, 0.1) is 0 Å². The predicted octanol–water partition coefficient (Wildman–Crippen LogP) is 2.91. The molecule has 1 unspecified atom stereocenters. The van der Waals surface area contributed by atoms with Gasteiger partial charge in [0.15, 0.2) is 0 Å². The van der Waals surface area contributed by atoms with Crippen molar-refractivity contribution in [2.24, 2.45) is 0 Å². The molecule has 15 heavy (non-hydrogen) atoms. The molecule has 0 saturated carbocycles. The molecule has 0 spiro atoms. The Bertz CT molecular complexity index is 270. The third kappa shape index (κ3) is 3.67. The van der Waals surface area contributed by atoms with Gasteiger partial charge < -0.3 is 9.67 Å². The summed E-state index contributed by atoms with van der Waals surface area (Å²) in [6, 6.07) is 0. The highest BCUT2D eigenvalue weighted by Crippen LogP contribution is 2.19. The molecular weight excluding hydrogens is 188 g/mol. The maximum atomic E-state index is 9.96. The van der Waals surface area contributed by atoms with Crippen molar-refractivity contribution in [2.75, 3.05) is 0 Å². The highest BCUT2D eigenvalue weighted by Gasteiger charge is 2.11. The van der Waals surface area contributed by atoms with Gasteiger partial charge in [-0.3, -0.25) is 0 Å². The van der Waals surface area contributed by atoms with Crippen molar-refractivity contribution in [3.05, 3.63) is 18.2 Å². The summed E-state index contributed by atoms with van der Waals surface area (Å²) in [5.41, 5.74) is 0.953. The third-order valence-electron chi connectivity index (χ3n) is 2.76. The zero-order valence-electron chi connectivity index (χ0n) is 9.82. The number of imidazole rings is 1. The minimum absolute atomic E-state index is 0.343. The van der Waals surface area contributed by atoms with E-state index in [4.69, 9.17) is 0 Å². The number of aliphatic hydroxyl groups excluding tert-OH is 1. The van der Waals surface area contributed by atoms with Crippen molar-refractivity contribution in [3.63, 3.8) is 0 Å². The monoisotopic (exact) mass is 210 g/mol. The molecule has 1 aromatic heterocycles. The second-order valence-corrected chi connectivity index (χ2v) is 3.97. The minimum Gasteiger partial charge on any atom is -0.387 e. The van der Waals surface area contributed by atoms with Crippen LogP contribution >= 0.6 is 0 Å². The lowest BCUT2D eigenvalue weighted by Crippen LogP contribution is -2.05. The Labute approximate surface area is 92.1 Å². The van der Waals surface area contributed by atoms with Gasteiger partial charge in [-0.2, -0.15) is 0 Å². The van der Waals surface area contributed by atoms with Crippen LogP contribution < -0.4 is 0 Å². The Hall–Kier alpha value is -0.830. The van der Waals surface area contributed by atoms with Crippen molar-refractivity contribution in [1.29, 1.82) is 0 Å². The molecule has 3 nitrogen and oxygen atoms in total. The van der Waals surface area contributed by atoms with Crippen molar-refractivity contribution < 1.29 is 5.11 Å². The van der Waals surface area contributed by atoms with E-state index in [1.165, 1.54) is 19.3 Å². The largest absolute Gasteiger partial charge is 0.387 e. The zero-order valence-corrected chi connectivity index (χ0v) is 9.82. The highest BCUT2D eigenvalue weighted by atomic mass is 16.3. The van der Waals surface area contributed by atoms with E-state index < -0.39 is 0 Å². The molecule has 1 aromatic rings. The molecule has 0 aliphatic heterocycles. The first kappa shape index (κ1) is 12.2. The number of aliphatic hydroxyl groups is 1. The maximum Gasteiger partial charge on any atom is 0.0955 e. The second-order valence-electron chi connectivity index (χ2n) is 3.97. The molecule has 0 amide bonds. The van der Waals surface area contributed by atoms with Gasteiger partial charge >= 0.3 is 0 Å². The molecule has 3 heteroatoms. The molecule has 0 saturated heterocycles. The summed E-state index contributed by atoms with van der Waals surface area (Å²) in [6.45, 7) is 5.14. The average Bonchev–Trinajstić information content (AvgIpc) is 2.72. The third-order valence-corrected chi connectivity index (χ3v) is 2.76. The summed E-state index contributed by atoms with van der Waals surface area (Å²) in [5.74, 6) is 0. The van der Waals surface area contributed by atoms with Gasteiger partial charge in [-0.15, -0.1) is 0 Å². The van der Waals surface area contributed by atoms with Crippen molar-refractivity contribution in [3.8, 4) is 0 Å². The zero-order chi connectivity index (χ0) is 11.1. The Morgan fingerprint density at radius 2 is 2.13 bits per heavy atom. The highest BCUT2D eigenvalue weighted by molar-refractivity contribution is 5.02. The fourth-order valence-corrected chi connectivity index (χ4v) is 1.79. The SMILES string of the molecule is CCCCCCC(O)c1cncn1CC. The Morgan fingerprint density at radius 3 is 2.80 bits per heavy atom. The average molecular weight is 210 g/mol. The smallest absolute Gasteiger partial charge is 0.0955 e. The molecule has 1 heterocycles. The van der Waals surface area contributed by atoms with Crippen molar-refractivity contribution in [2.45, 2.75) is 58.6 Å². The van der Waals surface area contributed by atoms with E-state index in [0.717, 1.165) is 25.1 Å². The lowest BCUT2D eigenvalue weighted by atomic mass is 10.1. The Balaban J connectivity index is 2.36. The number of nitrogens with zero attached hydrogens (tertiary/aromatic N) is 2. The van der Waals surface area contributed by atoms with E-state index in [2.05, 4.69) is 18.8 Å². The van der Waals surface area contributed by atoms with Crippen LogP contribution in [-0.2, 0) is 6.54 Å². The van der Waals surface area contributed by atoms with Crippen LogP contribution in [0.2, 0.25) is 0 Å². The number of unbranched alkanes of at least 4 members (excludes halogenated alkanes) is 3. The van der Waals surface area contributed by atoms with Gasteiger partial charge in [0.05, 0.1) is 24.3 Å². The van der Waals surface area contributed by atoms with E-state index in [0.29, 0.717) is 0 Å². The fourth-order valence-electron chi connectivity index (χ4n) is 1.79. The lowest BCUT2D eigenvalue weighted by molar-refractivity contribution is 0.154. The van der Waals surface area contributed by atoms with Crippen LogP contribution in [0.1, 0.15) is 57.7 Å². The molecular formula is C12H22N2O. The molecule has 1 atom stereocenters. The van der Waals surface area contributed by atoms with Crippen molar-refractivity contribution >= 4 is 0 Å². The molecule has 0 bridgehead atoms. The number of aryl methyl sites for hydroxylation is 1. The van der Waals surface area contributed by atoms with E-state index in [-0.39, 0.29) is 6.10 Å². The summed E-state index contributed by atoms with van der Waals surface area (Å²) < 4.78 is 2.00. The molecule has 0 fully saturated rings. The van der Waals surface area contributed by atoms with E-state index in [1.54, 1.807) is 12.5 Å². The summed E-state index contributed by atoms with van der Waals surface area (Å²) in [5, 5.41) is 9.96. The molecule has 1 N–H and O–H groups in total. The first-order valence-corrected chi connectivity index (χ1v) is 5.97. The van der Waals surface area contributed by atoms with Crippen LogP contribution in [0.25, 0.3) is 0 Å². The standard InChI is InChI=1S/C12H22N2O/c1-3-5-6-7-8-12(15)11-9-13-10-14(11)4-2/h9-10,12,15H,3-8H2,1-2H3. The summed E-state index contributed by atoms with van der Waals surface area (Å²) in [4.78, 5) is 4.06. The molecule has 0 aliphatic carbocycles. The van der Waals surface area contributed by atoms with E-state index >= 15 is 0 Å². The van der Waals surface area contributed by atoms with Crippen LogP contribution in [0.4, 0.5) is 0 Å². The molecule has 0 radical (unpaired) electrons. The Morgan fingerprint density at radius 1 is 1.33 bits per heavy atom. The second kappa shape index (κ2) is 6.62.